The molecule has 0 radical (unpaired) electrons. The van der Waals surface area contributed by atoms with E-state index in [1.807, 2.05) is 18.2 Å². The summed E-state index contributed by atoms with van der Waals surface area (Å²) in [5, 5.41) is 6.85. The van der Waals surface area contributed by atoms with Gasteiger partial charge in [-0.05, 0) is 18.1 Å². The Balaban J connectivity index is 2.68. The van der Waals surface area contributed by atoms with E-state index in [0.29, 0.717) is 11.0 Å². The van der Waals surface area contributed by atoms with E-state index in [-0.39, 0.29) is 0 Å². The standard InChI is InChI=1S/C13H20N2O2S/c1-9(2)8-14-13(18)15-10-5-11(16-3)7-12(6-10)17-4/h5-7,9H,8H2,1-4H3,(H2,14,15,18). The summed E-state index contributed by atoms with van der Waals surface area (Å²) in [6, 6.07) is 5.55. The molecule has 0 fully saturated rings. The van der Waals surface area contributed by atoms with Gasteiger partial charge in [-0.25, -0.2) is 0 Å². The maximum atomic E-state index is 5.21. The van der Waals surface area contributed by atoms with Gasteiger partial charge in [0.25, 0.3) is 0 Å². The first-order valence-electron chi connectivity index (χ1n) is 5.83. The average Bonchev–Trinajstić information content (AvgIpc) is 2.35. The molecule has 1 aromatic carbocycles. The lowest BCUT2D eigenvalue weighted by molar-refractivity contribution is 0.395. The van der Waals surface area contributed by atoms with Gasteiger partial charge in [-0.3, -0.25) is 0 Å². The van der Waals surface area contributed by atoms with Crippen molar-refractivity contribution in [2.75, 3.05) is 26.1 Å². The lowest BCUT2D eigenvalue weighted by Crippen LogP contribution is -2.31. The van der Waals surface area contributed by atoms with Crippen LogP contribution < -0.4 is 20.1 Å². The Labute approximate surface area is 114 Å². The van der Waals surface area contributed by atoms with Crippen molar-refractivity contribution in [3.8, 4) is 11.5 Å². The number of hydrogen-bond donors (Lipinski definition) is 2. The van der Waals surface area contributed by atoms with Crippen LogP contribution in [0.5, 0.6) is 11.5 Å². The zero-order valence-corrected chi connectivity index (χ0v) is 12.1. The molecule has 0 heterocycles. The van der Waals surface area contributed by atoms with Crippen LogP contribution in [-0.2, 0) is 0 Å². The van der Waals surface area contributed by atoms with Crippen molar-refractivity contribution in [3.05, 3.63) is 18.2 Å². The number of methoxy groups -OCH3 is 2. The smallest absolute Gasteiger partial charge is 0.170 e. The first-order valence-corrected chi connectivity index (χ1v) is 6.24. The molecule has 4 nitrogen and oxygen atoms in total. The number of ether oxygens (including phenoxy) is 2. The molecule has 0 bridgehead atoms. The third-order valence-electron chi connectivity index (χ3n) is 2.28. The molecule has 0 spiro atoms. The Morgan fingerprint density at radius 3 is 2.17 bits per heavy atom. The molecule has 18 heavy (non-hydrogen) atoms. The molecule has 100 valence electrons. The van der Waals surface area contributed by atoms with Crippen molar-refractivity contribution < 1.29 is 9.47 Å². The highest BCUT2D eigenvalue weighted by Gasteiger charge is 2.04. The highest BCUT2D eigenvalue weighted by atomic mass is 32.1. The summed E-state index contributed by atoms with van der Waals surface area (Å²) < 4.78 is 10.4. The molecular formula is C13H20N2O2S. The highest BCUT2D eigenvalue weighted by molar-refractivity contribution is 7.80. The second-order valence-electron chi connectivity index (χ2n) is 4.33. The highest BCUT2D eigenvalue weighted by Crippen LogP contribution is 2.25. The van der Waals surface area contributed by atoms with Gasteiger partial charge in [0, 0.05) is 30.4 Å². The summed E-state index contributed by atoms with van der Waals surface area (Å²) in [5.41, 5.74) is 0.840. The number of hydrogen-bond acceptors (Lipinski definition) is 3. The normalized spacial score (nSPS) is 10.1. The zero-order valence-electron chi connectivity index (χ0n) is 11.2. The quantitative estimate of drug-likeness (QED) is 0.804. The summed E-state index contributed by atoms with van der Waals surface area (Å²) >= 11 is 5.21. The SMILES string of the molecule is COc1cc(NC(=S)NCC(C)C)cc(OC)c1. The molecule has 1 aromatic rings. The molecule has 0 aromatic heterocycles. The number of benzene rings is 1. The van der Waals surface area contributed by atoms with E-state index < -0.39 is 0 Å². The maximum Gasteiger partial charge on any atom is 0.170 e. The molecule has 0 amide bonds. The summed E-state index contributed by atoms with van der Waals surface area (Å²) in [4.78, 5) is 0. The van der Waals surface area contributed by atoms with Gasteiger partial charge >= 0.3 is 0 Å². The Morgan fingerprint density at radius 2 is 1.72 bits per heavy atom. The average molecular weight is 268 g/mol. The van der Waals surface area contributed by atoms with Gasteiger partial charge in [0.2, 0.25) is 0 Å². The molecule has 0 aliphatic heterocycles. The van der Waals surface area contributed by atoms with Gasteiger partial charge in [-0.15, -0.1) is 0 Å². The lowest BCUT2D eigenvalue weighted by atomic mass is 10.2. The van der Waals surface area contributed by atoms with Crippen LogP contribution >= 0.6 is 12.2 Å². The van der Waals surface area contributed by atoms with Crippen molar-refractivity contribution in [1.29, 1.82) is 0 Å². The Hall–Kier alpha value is -1.49. The van der Waals surface area contributed by atoms with E-state index in [9.17, 15) is 0 Å². The first kappa shape index (κ1) is 14.6. The summed E-state index contributed by atoms with van der Waals surface area (Å²) in [7, 11) is 3.24. The maximum absolute atomic E-state index is 5.21. The predicted molar refractivity (Wildman–Crippen MR) is 78.6 cm³/mol. The fraction of sp³-hybridized carbons (Fsp3) is 0.462. The monoisotopic (exact) mass is 268 g/mol. The third-order valence-corrected chi connectivity index (χ3v) is 2.53. The molecule has 0 saturated carbocycles. The second-order valence-corrected chi connectivity index (χ2v) is 4.74. The summed E-state index contributed by atoms with van der Waals surface area (Å²) in [6.07, 6.45) is 0. The van der Waals surface area contributed by atoms with E-state index in [0.717, 1.165) is 23.7 Å². The number of thiocarbonyl (C=S) groups is 1. The van der Waals surface area contributed by atoms with Gasteiger partial charge in [0.15, 0.2) is 5.11 Å². The van der Waals surface area contributed by atoms with Gasteiger partial charge in [-0.1, -0.05) is 13.8 Å². The van der Waals surface area contributed by atoms with E-state index in [2.05, 4.69) is 24.5 Å². The minimum absolute atomic E-state index is 0.546. The number of nitrogens with one attached hydrogen (secondary N) is 2. The van der Waals surface area contributed by atoms with E-state index >= 15 is 0 Å². The molecule has 0 atom stereocenters. The van der Waals surface area contributed by atoms with Crippen LogP contribution in [0.2, 0.25) is 0 Å². The lowest BCUT2D eigenvalue weighted by Gasteiger charge is -2.13. The molecule has 0 unspecified atom stereocenters. The Morgan fingerprint density at radius 1 is 1.17 bits per heavy atom. The number of anilines is 1. The van der Waals surface area contributed by atoms with Crippen molar-refractivity contribution in [3.63, 3.8) is 0 Å². The van der Waals surface area contributed by atoms with Gasteiger partial charge in [0.05, 0.1) is 14.2 Å². The van der Waals surface area contributed by atoms with Crippen LogP contribution in [0.15, 0.2) is 18.2 Å². The van der Waals surface area contributed by atoms with Crippen LogP contribution in [-0.4, -0.2) is 25.9 Å². The fourth-order valence-corrected chi connectivity index (χ4v) is 1.55. The van der Waals surface area contributed by atoms with Crippen LogP contribution in [0.25, 0.3) is 0 Å². The Kier molecular flexibility index (Phi) is 5.71. The first-order chi connectivity index (χ1) is 8.55. The van der Waals surface area contributed by atoms with Gasteiger partial charge in [0.1, 0.15) is 11.5 Å². The van der Waals surface area contributed by atoms with E-state index in [1.54, 1.807) is 14.2 Å². The molecule has 5 heteroatoms. The van der Waals surface area contributed by atoms with Crippen LogP contribution in [0, 0.1) is 5.92 Å². The van der Waals surface area contributed by atoms with Crippen LogP contribution in [0.1, 0.15) is 13.8 Å². The minimum atomic E-state index is 0.546. The van der Waals surface area contributed by atoms with E-state index in [4.69, 9.17) is 21.7 Å². The third kappa shape index (κ3) is 4.79. The Bertz CT molecular complexity index is 386. The van der Waals surface area contributed by atoms with E-state index in [1.165, 1.54) is 0 Å². The molecule has 0 aliphatic carbocycles. The zero-order chi connectivity index (χ0) is 13.5. The molecule has 2 N–H and O–H groups in total. The molecular weight excluding hydrogens is 248 g/mol. The van der Waals surface area contributed by atoms with Crippen molar-refractivity contribution >= 4 is 23.0 Å². The van der Waals surface area contributed by atoms with Crippen LogP contribution in [0.4, 0.5) is 5.69 Å². The van der Waals surface area contributed by atoms with Gasteiger partial charge < -0.3 is 20.1 Å². The van der Waals surface area contributed by atoms with Gasteiger partial charge in [-0.2, -0.15) is 0 Å². The predicted octanol–water partition coefficient (Wildman–Crippen LogP) is 2.65. The minimum Gasteiger partial charge on any atom is -0.497 e. The topological polar surface area (TPSA) is 42.5 Å². The second kappa shape index (κ2) is 7.06. The van der Waals surface area contributed by atoms with Crippen molar-refractivity contribution in [2.24, 2.45) is 5.92 Å². The van der Waals surface area contributed by atoms with Crippen molar-refractivity contribution in [2.45, 2.75) is 13.8 Å². The largest absolute Gasteiger partial charge is 0.497 e. The van der Waals surface area contributed by atoms with Crippen molar-refractivity contribution in [1.82, 2.24) is 5.32 Å². The molecule has 0 saturated heterocycles. The molecule has 0 aliphatic rings. The fourth-order valence-electron chi connectivity index (χ4n) is 1.35. The van der Waals surface area contributed by atoms with Crippen LogP contribution in [0.3, 0.4) is 0 Å². The molecule has 1 rings (SSSR count). The number of rotatable bonds is 5. The summed E-state index contributed by atoms with van der Waals surface area (Å²) in [5.74, 6) is 2.00. The summed E-state index contributed by atoms with van der Waals surface area (Å²) in [6.45, 7) is 5.10.